The molecule has 0 heterocycles. The van der Waals surface area contributed by atoms with Crippen molar-refractivity contribution < 1.29 is 9.00 Å². The molecule has 3 unspecified atom stereocenters. The topological polar surface area (TPSA) is 72.2 Å². The largest absolute Gasteiger partial charge is 0.393 e. The van der Waals surface area contributed by atoms with Gasteiger partial charge in [-0.1, -0.05) is 19.1 Å². The molecule has 3 N–H and O–H groups in total. The third-order valence-corrected chi connectivity index (χ3v) is 3.39. The van der Waals surface area contributed by atoms with Crippen LogP contribution in [0.1, 0.15) is 26.7 Å². The molecular formula is C10H20N2O2S2. The van der Waals surface area contributed by atoms with Crippen molar-refractivity contribution in [1.82, 2.24) is 5.32 Å². The molecule has 0 saturated carbocycles. The van der Waals surface area contributed by atoms with Crippen LogP contribution < -0.4 is 11.1 Å². The molecule has 0 saturated heterocycles. The minimum Gasteiger partial charge on any atom is -0.393 e. The summed E-state index contributed by atoms with van der Waals surface area (Å²) in [6, 6.07) is -0.000185. The van der Waals surface area contributed by atoms with Gasteiger partial charge in [0.2, 0.25) is 5.91 Å². The fourth-order valence-corrected chi connectivity index (χ4v) is 2.23. The fraction of sp³-hybridized carbons (Fsp3) is 0.800. The van der Waals surface area contributed by atoms with Gasteiger partial charge in [-0.2, -0.15) is 0 Å². The summed E-state index contributed by atoms with van der Waals surface area (Å²) in [6.07, 6.45) is 2.95. The Bertz CT molecular complexity index is 282. The molecule has 3 atom stereocenters. The first-order valence-electron chi connectivity index (χ1n) is 5.28. The van der Waals surface area contributed by atoms with Crippen molar-refractivity contribution in [3.63, 3.8) is 0 Å². The van der Waals surface area contributed by atoms with E-state index in [1.165, 1.54) is 0 Å². The number of thiocarbonyl (C=S) groups is 1. The van der Waals surface area contributed by atoms with Gasteiger partial charge in [0.05, 0.1) is 10.9 Å². The Morgan fingerprint density at radius 3 is 2.50 bits per heavy atom. The summed E-state index contributed by atoms with van der Waals surface area (Å²) in [5.41, 5.74) is 5.47. The zero-order chi connectivity index (χ0) is 12.7. The third-order valence-electron chi connectivity index (χ3n) is 2.30. The highest BCUT2D eigenvalue weighted by Crippen LogP contribution is 2.04. The van der Waals surface area contributed by atoms with Crippen LogP contribution >= 0.6 is 12.2 Å². The van der Waals surface area contributed by atoms with Gasteiger partial charge in [-0.15, -0.1) is 0 Å². The van der Waals surface area contributed by atoms with Gasteiger partial charge in [0.25, 0.3) is 0 Å². The maximum absolute atomic E-state index is 11.7. The summed E-state index contributed by atoms with van der Waals surface area (Å²) < 4.78 is 10.9. The maximum Gasteiger partial charge on any atom is 0.230 e. The average Bonchev–Trinajstić information content (AvgIpc) is 2.15. The second-order valence-electron chi connectivity index (χ2n) is 3.84. The van der Waals surface area contributed by atoms with Crippen molar-refractivity contribution in [2.75, 3.05) is 12.0 Å². The van der Waals surface area contributed by atoms with Gasteiger partial charge in [0, 0.05) is 28.9 Å². The first-order chi connectivity index (χ1) is 7.38. The second-order valence-corrected chi connectivity index (χ2v) is 5.86. The summed E-state index contributed by atoms with van der Waals surface area (Å²) in [6.45, 7) is 3.76. The van der Waals surface area contributed by atoms with Gasteiger partial charge in [0.1, 0.15) is 0 Å². The molecule has 0 aromatic heterocycles. The summed E-state index contributed by atoms with van der Waals surface area (Å²) in [4.78, 5) is 11.9. The molecule has 16 heavy (non-hydrogen) atoms. The van der Waals surface area contributed by atoms with Crippen molar-refractivity contribution in [2.24, 2.45) is 11.7 Å². The summed E-state index contributed by atoms with van der Waals surface area (Å²) in [5, 5.41) is 2.83. The lowest BCUT2D eigenvalue weighted by molar-refractivity contribution is -0.123. The Labute approximate surface area is 105 Å². The molecular weight excluding hydrogens is 244 g/mol. The molecule has 1 amide bonds. The predicted molar refractivity (Wildman–Crippen MR) is 71.7 cm³/mol. The smallest absolute Gasteiger partial charge is 0.230 e. The van der Waals surface area contributed by atoms with Crippen LogP contribution in [0.2, 0.25) is 0 Å². The number of carbonyl (C=O) groups excluding carboxylic acids is 1. The van der Waals surface area contributed by atoms with Gasteiger partial charge in [-0.25, -0.2) is 0 Å². The highest BCUT2D eigenvalue weighted by molar-refractivity contribution is 7.84. The zero-order valence-electron chi connectivity index (χ0n) is 9.99. The molecule has 0 aliphatic rings. The fourth-order valence-electron chi connectivity index (χ4n) is 1.27. The molecule has 0 rings (SSSR count). The van der Waals surface area contributed by atoms with Crippen molar-refractivity contribution in [2.45, 2.75) is 32.7 Å². The van der Waals surface area contributed by atoms with E-state index in [2.05, 4.69) is 5.32 Å². The van der Waals surface area contributed by atoms with Gasteiger partial charge < -0.3 is 11.1 Å². The van der Waals surface area contributed by atoms with E-state index in [9.17, 15) is 9.00 Å². The number of hydrogen-bond acceptors (Lipinski definition) is 3. The average molecular weight is 264 g/mol. The first-order valence-corrected chi connectivity index (χ1v) is 7.41. The van der Waals surface area contributed by atoms with Gasteiger partial charge in [-0.3, -0.25) is 9.00 Å². The van der Waals surface area contributed by atoms with E-state index in [-0.39, 0.29) is 16.9 Å². The standard InChI is InChI=1S/C10H20N2O2S2/c1-4-8(9(11)15)10(13)12-7(2)5-6-16(3)14/h7-8H,4-6H2,1-3H3,(H2,11,15)(H,12,13). The number of carbonyl (C=O) groups is 1. The van der Waals surface area contributed by atoms with Crippen molar-refractivity contribution in [1.29, 1.82) is 0 Å². The normalized spacial score (nSPS) is 16.2. The molecule has 0 aromatic carbocycles. The van der Waals surface area contributed by atoms with Crippen LogP contribution in [-0.4, -0.2) is 33.2 Å². The molecule has 0 aliphatic carbocycles. The lowest BCUT2D eigenvalue weighted by Gasteiger charge is -2.18. The third kappa shape index (κ3) is 6.17. The van der Waals surface area contributed by atoms with E-state index in [1.807, 2.05) is 13.8 Å². The Morgan fingerprint density at radius 1 is 1.56 bits per heavy atom. The van der Waals surface area contributed by atoms with Crippen LogP contribution in [0, 0.1) is 5.92 Å². The molecule has 94 valence electrons. The zero-order valence-corrected chi connectivity index (χ0v) is 11.6. The second kappa shape index (κ2) is 7.73. The summed E-state index contributed by atoms with van der Waals surface area (Å²) >= 11 is 4.82. The monoisotopic (exact) mass is 264 g/mol. The predicted octanol–water partition coefficient (Wildman–Crippen LogP) is 0.572. The molecule has 0 radical (unpaired) electrons. The first kappa shape index (κ1) is 15.5. The quantitative estimate of drug-likeness (QED) is 0.660. The van der Waals surface area contributed by atoms with Gasteiger partial charge in [-0.05, 0) is 19.8 Å². The minimum atomic E-state index is -0.824. The molecule has 0 bridgehead atoms. The van der Waals surface area contributed by atoms with Crippen LogP contribution in [0.15, 0.2) is 0 Å². The Kier molecular flexibility index (Phi) is 7.49. The van der Waals surface area contributed by atoms with Crippen LogP contribution in [0.3, 0.4) is 0 Å². The van der Waals surface area contributed by atoms with Gasteiger partial charge >= 0.3 is 0 Å². The van der Waals surface area contributed by atoms with E-state index in [0.717, 1.165) is 0 Å². The van der Waals surface area contributed by atoms with E-state index in [4.69, 9.17) is 18.0 Å². The molecule has 0 aromatic rings. The molecule has 6 heteroatoms. The van der Waals surface area contributed by atoms with Gasteiger partial charge in [0.15, 0.2) is 0 Å². The van der Waals surface area contributed by atoms with Crippen LogP contribution in [-0.2, 0) is 15.6 Å². The van der Waals surface area contributed by atoms with Crippen molar-refractivity contribution >= 4 is 33.9 Å². The maximum atomic E-state index is 11.7. The number of hydrogen-bond donors (Lipinski definition) is 2. The molecule has 4 nitrogen and oxygen atoms in total. The van der Waals surface area contributed by atoms with Crippen molar-refractivity contribution in [3.8, 4) is 0 Å². The van der Waals surface area contributed by atoms with Crippen LogP contribution in [0.25, 0.3) is 0 Å². The Balaban J connectivity index is 4.11. The lowest BCUT2D eigenvalue weighted by atomic mass is 10.1. The molecule has 0 fully saturated rings. The van der Waals surface area contributed by atoms with Crippen molar-refractivity contribution in [3.05, 3.63) is 0 Å². The lowest BCUT2D eigenvalue weighted by Crippen LogP contribution is -2.42. The highest BCUT2D eigenvalue weighted by Gasteiger charge is 2.20. The molecule has 0 aliphatic heterocycles. The Hall–Kier alpha value is -0.490. The minimum absolute atomic E-state index is 0.000185. The number of nitrogens with two attached hydrogens (primary N) is 1. The van der Waals surface area contributed by atoms with E-state index >= 15 is 0 Å². The van der Waals surface area contributed by atoms with E-state index in [0.29, 0.717) is 18.6 Å². The van der Waals surface area contributed by atoms with Crippen LogP contribution in [0.4, 0.5) is 0 Å². The molecule has 0 spiro atoms. The number of amides is 1. The Morgan fingerprint density at radius 2 is 2.12 bits per heavy atom. The summed E-state index contributed by atoms with van der Waals surface area (Å²) in [5.74, 6) is 0.0552. The van der Waals surface area contributed by atoms with E-state index < -0.39 is 16.7 Å². The van der Waals surface area contributed by atoms with E-state index in [1.54, 1.807) is 6.26 Å². The number of rotatable bonds is 7. The highest BCUT2D eigenvalue weighted by atomic mass is 32.2. The summed E-state index contributed by atoms with van der Waals surface area (Å²) in [7, 11) is -0.824. The van der Waals surface area contributed by atoms with Crippen LogP contribution in [0.5, 0.6) is 0 Å². The SMILES string of the molecule is CCC(C(=O)NC(C)CCS(C)=O)C(N)=S. The number of nitrogens with one attached hydrogen (secondary N) is 1.